The highest BCUT2D eigenvalue weighted by Crippen LogP contribution is 2.36. The first-order valence-corrected chi connectivity index (χ1v) is 3.71. The molecule has 2 nitrogen and oxygen atoms in total. The van der Waals surface area contributed by atoms with Gasteiger partial charge in [-0.3, -0.25) is 0 Å². The van der Waals surface area contributed by atoms with Crippen LogP contribution in [-0.4, -0.2) is 18.3 Å². The van der Waals surface area contributed by atoms with Gasteiger partial charge in [0.2, 0.25) is 0 Å². The second kappa shape index (κ2) is 1.99. The molecule has 0 bridgehead atoms. The second-order valence-corrected chi connectivity index (χ2v) is 3.82. The third-order valence-corrected chi connectivity index (χ3v) is 2.37. The van der Waals surface area contributed by atoms with Crippen molar-refractivity contribution >= 4 is 7.12 Å². The lowest BCUT2D eigenvalue weighted by atomic mass is 9.90. The Kier molecular flexibility index (Phi) is 1.61. The standard InChI is InChI=1S/C7H15BO2/c1-6(2)7(3,4)10-8(5)9-6/h1-5H3. The van der Waals surface area contributed by atoms with Crippen LogP contribution in [0.25, 0.3) is 0 Å². The first-order valence-electron chi connectivity index (χ1n) is 3.71. The zero-order valence-electron chi connectivity index (χ0n) is 7.39. The summed E-state index contributed by atoms with van der Waals surface area (Å²) in [6, 6.07) is 0. The van der Waals surface area contributed by atoms with Gasteiger partial charge < -0.3 is 9.31 Å². The molecule has 0 amide bonds. The molecule has 0 aromatic carbocycles. The maximum Gasteiger partial charge on any atom is 0.454 e. The number of hydrogen-bond acceptors (Lipinski definition) is 2. The minimum absolute atomic E-state index is 0.0648. The summed E-state index contributed by atoms with van der Waals surface area (Å²) in [5.74, 6) is 0. The Balaban J connectivity index is 2.78. The van der Waals surface area contributed by atoms with Crippen molar-refractivity contribution in [2.24, 2.45) is 0 Å². The van der Waals surface area contributed by atoms with Gasteiger partial charge >= 0.3 is 7.12 Å². The van der Waals surface area contributed by atoms with Crippen LogP contribution in [0.3, 0.4) is 0 Å². The van der Waals surface area contributed by atoms with Crippen molar-refractivity contribution in [2.75, 3.05) is 0 Å². The van der Waals surface area contributed by atoms with Gasteiger partial charge in [0.25, 0.3) is 0 Å². The predicted molar refractivity (Wildman–Crippen MR) is 41.9 cm³/mol. The van der Waals surface area contributed by atoms with E-state index in [1.54, 1.807) is 0 Å². The minimum atomic E-state index is -0.160. The first-order chi connectivity index (χ1) is 4.35. The van der Waals surface area contributed by atoms with E-state index in [1.165, 1.54) is 0 Å². The average molecular weight is 142 g/mol. The van der Waals surface area contributed by atoms with Crippen LogP contribution in [0.1, 0.15) is 27.7 Å². The van der Waals surface area contributed by atoms with Gasteiger partial charge in [0, 0.05) is 0 Å². The fourth-order valence-electron chi connectivity index (χ4n) is 1.14. The Morgan fingerprint density at radius 2 is 1.20 bits per heavy atom. The molecule has 3 heteroatoms. The summed E-state index contributed by atoms with van der Waals surface area (Å²) >= 11 is 0. The highest BCUT2D eigenvalue weighted by molar-refractivity contribution is 6.43. The molecule has 1 rings (SSSR count). The molecule has 1 aliphatic rings. The summed E-state index contributed by atoms with van der Waals surface area (Å²) in [5.41, 5.74) is -0.321. The molecule has 58 valence electrons. The van der Waals surface area contributed by atoms with E-state index < -0.39 is 0 Å². The van der Waals surface area contributed by atoms with E-state index >= 15 is 0 Å². The van der Waals surface area contributed by atoms with Crippen molar-refractivity contribution in [1.29, 1.82) is 0 Å². The van der Waals surface area contributed by atoms with E-state index in [9.17, 15) is 0 Å². The average Bonchev–Trinajstić information content (AvgIpc) is 1.73. The molecule has 0 aliphatic carbocycles. The molecule has 0 unspecified atom stereocenters. The first kappa shape index (κ1) is 8.09. The van der Waals surface area contributed by atoms with Crippen molar-refractivity contribution in [3.8, 4) is 0 Å². The maximum absolute atomic E-state index is 5.54. The molecule has 1 saturated heterocycles. The fraction of sp³-hybridized carbons (Fsp3) is 1.00. The Morgan fingerprint density at radius 1 is 0.900 bits per heavy atom. The van der Waals surface area contributed by atoms with Gasteiger partial charge in [-0.05, 0) is 34.5 Å². The SMILES string of the molecule is CB1OC(C)(C)C(C)(C)O1. The van der Waals surface area contributed by atoms with Gasteiger partial charge in [-0.1, -0.05) is 0 Å². The summed E-state index contributed by atoms with van der Waals surface area (Å²) in [5, 5.41) is 0. The van der Waals surface area contributed by atoms with Crippen molar-refractivity contribution in [2.45, 2.75) is 45.7 Å². The second-order valence-electron chi connectivity index (χ2n) is 3.82. The Bertz CT molecular complexity index is 127. The molecule has 0 N–H and O–H groups in total. The quantitative estimate of drug-likeness (QED) is 0.479. The molecule has 0 atom stereocenters. The zero-order chi connectivity index (χ0) is 7.99. The van der Waals surface area contributed by atoms with Crippen molar-refractivity contribution < 1.29 is 9.31 Å². The highest BCUT2D eigenvalue weighted by atomic mass is 16.7. The van der Waals surface area contributed by atoms with Gasteiger partial charge in [-0.25, -0.2) is 0 Å². The molecule has 0 saturated carbocycles. The van der Waals surface area contributed by atoms with Crippen LogP contribution < -0.4 is 0 Å². The molecular formula is C7H15BO2. The van der Waals surface area contributed by atoms with Crippen LogP contribution in [0.4, 0.5) is 0 Å². The topological polar surface area (TPSA) is 18.5 Å². The van der Waals surface area contributed by atoms with Gasteiger partial charge in [-0.15, -0.1) is 0 Å². The molecule has 0 radical (unpaired) electrons. The third-order valence-electron chi connectivity index (χ3n) is 2.37. The Hall–Kier alpha value is -0.0151. The molecule has 1 heterocycles. The highest BCUT2D eigenvalue weighted by Gasteiger charge is 2.48. The lowest BCUT2D eigenvalue weighted by Crippen LogP contribution is -2.41. The van der Waals surface area contributed by atoms with E-state index in [0.29, 0.717) is 0 Å². The van der Waals surface area contributed by atoms with E-state index in [1.807, 2.05) is 6.82 Å². The molecule has 1 aliphatic heterocycles. The summed E-state index contributed by atoms with van der Waals surface area (Å²) in [4.78, 5) is 0. The van der Waals surface area contributed by atoms with Gasteiger partial charge in [0.15, 0.2) is 0 Å². The predicted octanol–water partition coefficient (Wildman–Crippen LogP) is 1.71. The van der Waals surface area contributed by atoms with Crippen LogP contribution in [-0.2, 0) is 9.31 Å². The number of rotatable bonds is 0. The van der Waals surface area contributed by atoms with Crippen molar-refractivity contribution in [1.82, 2.24) is 0 Å². The van der Waals surface area contributed by atoms with Crippen LogP contribution in [0.2, 0.25) is 6.82 Å². The smallest absolute Gasteiger partial charge is 0.403 e. The maximum atomic E-state index is 5.54. The molecule has 1 fully saturated rings. The monoisotopic (exact) mass is 142 g/mol. The molecule has 10 heavy (non-hydrogen) atoms. The Labute approximate surface area is 63.0 Å². The number of hydrogen-bond donors (Lipinski definition) is 0. The largest absolute Gasteiger partial charge is 0.454 e. The molecule has 0 aromatic rings. The van der Waals surface area contributed by atoms with Crippen LogP contribution >= 0.6 is 0 Å². The van der Waals surface area contributed by atoms with E-state index in [2.05, 4.69) is 27.7 Å². The summed E-state index contributed by atoms with van der Waals surface area (Å²) < 4.78 is 11.1. The minimum Gasteiger partial charge on any atom is -0.403 e. The Morgan fingerprint density at radius 3 is 1.30 bits per heavy atom. The summed E-state index contributed by atoms with van der Waals surface area (Å²) in [7, 11) is -0.0648. The molecule has 0 spiro atoms. The van der Waals surface area contributed by atoms with Crippen molar-refractivity contribution in [3.63, 3.8) is 0 Å². The van der Waals surface area contributed by atoms with E-state index in [4.69, 9.17) is 9.31 Å². The lowest BCUT2D eigenvalue weighted by Gasteiger charge is -2.32. The normalized spacial score (nSPS) is 29.1. The van der Waals surface area contributed by atoms with E-state index in [-0.39, 0.29) is 18.3 Å². The van der Waals surface area contributed by atoms with E-state index in [0.717, 1.165) is 0 Å². The third kappa shape index (κ3) is 1.08. The van der Waals surface area contributed by atoms with Crippen LogP contribution in [0.5, 0.6) is 0 Å². The van der Waals surface area contributed by atoms with Gasteiger partial charge in [0.1, 0.15) is 0 Å². The lowest BCUT2D eigenvalue weighted by molar-refractivity contribution is 0.00578. The van der Waals surface area contributed by atoms with Crippen molar-refractivity contribution in [3.05, 3.63) is 0 Å². The summed E-state index contributed by atoms with van der Waals surface area (Å²) in [6.45, 7) is 10.1. The van der Waals surface area contributed by atoms with Gasteiger partial charge in [0.05, 0.1) is 11.2 Å². The van der Waals surface area contributed by atoms with Gasteiger partial charge in [-0.2, -0.15) is 0 Å². The summed E-state index contributed by atoms with van der Waals surface area (Å²) in [6.07, 6.45) is 0. The van der Waals surface area contributed by atoms with Crippen LogP contribution in [0.15, 0.2) is 0 Å². The van der Waals surface area contributed by atoms with Crippen LogP contribution in [0, 0.1) is 0 Å². The zero-order valence-corrected chi connectivity index (χ0v) is 7.39. The molecular weight excluding hydrogens is 127 g/mol. The fourth-order valence-corrected chi connectivity index (χ4v) is 1.14. The molecule has 0 aromatic heterocycles.